The minimum Gasteiger partial charge on any atom is -0.503 e. The van der Waals surface area contributed by atoms with Gasteiger partial charge in [-0.1, -0.05) is 35.9 Å². The second kappa shape index (κ2) is 9.42. The molecule has 3 aromatic rings. The highest BCUT2D eigenvalue weighted by Crippen LogP contribution is 2.41. The van der Waals surface area contributed by atoms with Gasteiger partial charge in [0.1, 0.15) is 0 Å². The van der Waals surface area contributed by atoms with Crippen LogP contribution >= 0.6 is 11.6 Å². The third kappa shape index (κ3) is 4.19. The number of benzene rings is 2. The van der Waals surface area contributed by atoms with Gasteiger partial charge in [0.2, 0.25) is 5.78 Å². The summed E-state index contributed by atoms with van der Waals surface area (Å²) in [6, 6.07) is 14.6. The zero-order valence-corrected chi connectivity index (χ0v) is 18.8. The average molecular weight is 468 g/mol. The summed E-state index contributed by atoms with van der Waals surface area (Å²) >= 11 is 6.44. The van der Waals surface area contributed by atoms with Gasteiger partial charge in [-0.05, 0) is 47.9 Å². The maximum Gasteiger partial charge on any atom is 0.290 e. The molecule has 0 spiro atoms. The summed E-state index contributed by atoms with van der Waals surface area (Å²) in [6.07, 6.45) is 1.81. The van der Waals surface area contributed by atoms with Gasteiger partial charge in [0.05, 0.1) is 32.1 Å². The number of carbonyl (C=O) groups excluding carboxylic acids is 2. The molecule has 2 aromatic carbocycles. The lowest BCUT2D eigenvalue weighted by Gasteiger charge is -2.27. The molecule has 0 radical (unpaired) electrons. The second-order valence-corrected chi connectivity index (χ2v) is 7.84. The minimum atomic E-state index is -0.857. The molecule has 0 saturated carbocycles. The number of aliphatic hydroxyl groups is 1. The Hall–Kier alpha value is -3.71. The van der Waals surface area contributed by atoms with Crippen LogP contribution in [0.15, 0.2) is 76.6 Å². The monoisotopic (exact) mass is 467 g/mol. The molecule has 170 valence electrons. The SMILES string of the molecule is COc1ccc(CCN2C(=O)C(O)=C(C(=O)c3ccco3)[C@H]2c2ccccc2Cl)cc1OC. The second-order valence-electron chi connectivity index (χ2n) is 7.43. The number of aliphatic hydroxyl groups excluding tert-OH is 1. The average Bonchev–Trinajstić information content (AvgIpc) is 3.45. The first-order chi connectivity index (χ1) is 16.0. The Labute approximate surface area is 195 Å². The molecule has 33 heavy (non-hydrogen) atoms. The van der Waals surface area contributed by atoms with Crippen LogP contribution in [0, 0.1) is 0 Å². The zero-order chi connectivity index (χ0) is 23.5. The topological polar surface area (TPSA) is 89.2 Å². The van der Waals surface area contributed by atoms with Gasteiger partial charge in [0, 0.05) is 11.6 Å². The Morgan fingerprint density at radius 3 is 2.52 bits per heavy atom. The van der Waals surface area contributed by atoms with Crippen molar-refractivity contribution in [3.8, 4) is 11.5 Å². The van der Waals surface area contributed by atoms with E-state index in [2.05, 4.69) is 0 Å². The first-order valence-electron chi connectivity index (χ1n) is 10.2. The number of Topliss-reactive ketones (excluding diaryl/α,β-unsaturated/α-hetero) is 1. The van der Waals surface area contributed by atoms with Crippen LogP contribution in [0.3, 0.4) is 0 Å². The summed E-state index contributed by atoms with van der Waals surface area (Å²) in [4.78, 5) is 27.7. The fourth-order valence-electron chi connectivity index (χ4n) is 3.96. The highest BCUT2D eigenvalue weighted by Gasteiger charge is 2.44. The third-order valence-corrected chi connectivity index (χ3v) is 5.93. The van der Waals surface area contributed by atoms with Gasteiger partial charge in [-0.25, -0.2) is 0 Å². The number of hydrogen-bond donors (Lipinski definition) is 1. The summed E-state index contributed by atoms with van der Waals surface area (Å²) in [6.45, 7) is 0.225. The Morgan fingerprint density at radius 2 is 1.85 bits per heavy atom. The van der Waals surface area contributed by atoms with E-state index in [1.165, 1.54) is 17.2 Å². The summed E-state index contributed by atoms with van der Waals surface area (Å²) in [5, 5.41) is 11.1. The highest BCUT2D eigenvalue weighted by atomic mass is 35.5. The number of hydrogen-bond acceptors (Lipinski definition) is 6. The van der Waals surface area contributed by atoms with Crippen LogP contribution in [0.2, 0.25) is 5.02 Å². The van der Waals surface area contributed by atoms with E-state index < -0.39 is 23.5 Å². The molecule has 0 unspecified atom stereocenters. The Balaban J connectivity index is 1.69. The van der Waals surface area contributed by atoms with Crippen molar-refractivity contribution in [1.82, 2.24) is 4.90 Å². The predicted molar refractivity (Wildman–Crippen MR) is 122 cm³/mol. The molecule has 0 bridgehead atoms. The van der Waals surface area contributed by atoms with Crippen molar-refractivity contribution < 1.29 is 28.6 Å². The molecule has 1 atom stereocenters. The number of furan rings is 1. The molecule has 1 aliphatic heterocycles. The van der Waals surface area contributed by atoms with Gasteiger partial charge in [0.15, 0.2) is 23.0 Å². The number of halogens is 1. The minimum absolute atomic E-state index is 0.0307. The van der Waals surface area contributed by atoms with E-state index in [-0.39, 0.29) is 17.9 Å². The molecule has 1 N–H and O–H groups in total. The molecular weight excluding hydrogens is 446 g/mol. The first-order valence-corrected chi connectivity index (χ1v) is 10.6. The van der Waals surface area contributed by atoms with Crippen molar-refractivity contribution in [1.29, 1.82) is 0 Å². The molecule has 2 heterocycles. The van der Waals surface area contributed by atoms with Crippen molar-refractivity contribution in [2.24, 2.45) is 0 Å². The molecule has 8 heteroatoms. The Bertz CT molecular complexity index is 1220. The number of carbonyl (C=O) groups is 2. The van der Waals surface area contributed by atoms with Gasteiger partial charge in [0.25, 0.3) is 5.91 Å². The normalized spacial score (nSPS) is 15.8. The predicted octanol–water partition coefficient (Wildman–Crippen LogP) is 4.77. The first kappa shape index (κ1) is 22.5. The van der Waals surface area contributed by atoms with Crippen molar-refractivity contribution in [3.05, 3.63) is 94.1 Å². The molecular formula is C25H22ClNO6. The van der Waals surface area contributed by atoms with Gasteiger partial charge >= 0.3 is 0 Å². The summed E-state index contributed by atoms with van der Waals surface area (Å²) in [7, 11) is 3.11. The van der Waals surface area contributed by atoms with Crippen LogP contribution in [0.4, 0.5) is 0 Å². The molecule has 1 aliphatic rings. The highest BCUT2D eigenvalue weighted by molar-refractivity contribution is 6.31. The number of rotatable bonds is 8. The Kier molecular flexibility index (Phi) is 6.42. The Morgan fingerprint density at radius 1 is 1.09 bits per heavy atom. The van der Waals surface area contributed by atoms with Crippen LogP contribution in [-0.4, -0.2) is 42.5 Å². The molecule has 0 aliphatic carbocycles. The largest absolute Gasteiger partial charge is 0.503 e. The number of methoxy groups -OCH3 is 2. The zero-order valence-electron chi connectivity index (χ0n) is 18.1. The lowest BCUT2D eigenvalue weighted by Crippen LogP contribution is -2.33. The van der Waals surface area contributed by atoms with Gasteiger partial charge < -0.3 is 23.9 Å². The van der Waals surface area contributed by atoms with Crippen molar-refractivity contribution in [2.45, 2.75) is 12.5 Å². The number of ether oxygens (including phenoxy) is 2. The van der Waals surface area contributed by atoms with Crippen LogP contribution < -0.4 is 9.47 Å². The van der Waals surface area contributed by atoms with E-state index in [4.69, 9.17) is 25.5 Å². The summed E-state index contributed by atoms with van der Waals surface area (Å²) < 4.78 is 15.9. The quantitative estimate of drug-likeness (QED) is 0.480. The van der Waals surface area contributed by atoms with Crippen LogP contribution in [0.25, 0.3) is 0 Å². The molecule has 7 nitrogen and oxygen atoms in total. The third-order valence-electron chi connectivity index (χ3n) is 5.58. The van der Waals surface area contributed by atoms with Crippen molar-refractivity contribution in [2.75, 3.05) is 20.8 Å². The molecule has 4 rings (SSSR count). The van der Waals surface area contributed by atoms with Gasteiger partial charge in [-0.2, -0.15) is 0 Å². The van der Waals surface area contributed by atoms with E-state index in [0.29, 0.717) is 28.5 Å². The van der Waals surface area contributed by atoms with Crippen LogP contribution in [0.1, 0.15) is 27.7 Å². The van der Waals surface area contributed by atoms with Crippen LogP contribution in [0.5, 0.6) is 11.5 Å². The van der Waals surface area contributed by atoms with Crippen molar-refractivity contribution in [3.63, 3.8) is 0 Å². The van der Waals surface area contributed by atoms with Gasteiger partial charge in [-0.15, -0.1) is 0 Å². The fourth-order valence-corrected chi connectivity index (χ4v) is 4.20. The van der Waals surface area contributed by atoms with E-state index >= 15 is 0 Å². The molecule has 1 aromatic heterocycles. The van der Waals surface area contributed by atoms with Crippen molar-refractivity contribution >= 4 is 23.3 Å². The van der Waals surface area contributed by atoms with Gasteiger partial charge in [-0.3, -0.25) is 9.59 Å². The number of nitrogens with zero attached hydrogens (tertiary/aromatic N) is 1. The van der Waals surface area contributed by atoms with E-state index in [1.54, 1.807) is 50.6 Å². The van der Waals surface area contributed by atoms with Crippen LogP contribution in [-0.2, 0) is 11.2 Å². The summed E-state index contributed by atoms with van der Waals surface area (Å²) in [5.41, 5.74) is 1.37. The molecule has 0 saturated heterocycles. The molecule has 1 amide bonds. The maximum absolute atomic E-state index is 13.2. The lowest BCUT2D eigenvalue weighted by atomic mass is 9.95. The maximum atomic E-state index is 13.2. The van der Waals surface area contributed by atoms with E-state index in [9.17, 15) is 14.7 Å². The summed E-state index contributed by atoms with van der Waals surface area (Å²) in [5.74, 6) is -0.616. The molecule has 0 fully saturated rings. The van der Waals surface area contributed by atoms with E-state index in [1.807, 2.05) is 12.1 Å². The fraction of sp³-hybridized carbons (Fsp3) is 0.200. The smallest absolute Gasteiger partial charge is 0.290 e. The standard InChI is InChI=1S/C25H22ClNO6/c1-31-18-10-9-15(14-20(18)32-2)11-12-27-22(16-6-3-4-7-17(16)26)21(24(29)25(27)30)23(28)19-8-5-13-33-19/h3-10,13-14,22,29H,11-12H2,1-2H3/t22-/m1/s1. The number of ketones is 1. The van der Waals surface area contributed by atoms with E-state index in [0.717, 1.165) is 5.56 Å². The number of amides is 1. The lowest BCUT2D eigenvalue weighted by molar-refractivity contribution is -0.129.